The number of allylic oxidation sites excluding steroid dienone is 4. The summed E-state index contributed by atoms with van der Waals surface area (Å²) in [5.41, 5.74) is 7.47. The highest BCUT2D eigenvalue weighted by molar-refractivity contribution is 5.78. The lowest BCUT2D eigenvalue weighted by molar-refractivity contribution is -0.132. The van der Waals surface area contributed by atoms with Crippen molar-refractivity contribution in [1.82, 2.24) is 29.7 Å². The number of amides is 2. The summed E-state index contributed by atoms with van der Waals surface area (Å²) in [6.07, 6.45) is 14.5. The van der Waals surface area contributed by atoms with E-state index in [0.717, 1.165) is 96.9 Å². The molecule has 242 valence electrons. The van der Waals surface area contributed by atoms with Crippen LogP contribution in [0, 0.1) is 0 Å². The van der Waals surface area contributed by atoms with Gasteiger partial charge in [0.2, 0.25) is 11.8 Å². The first-order valence-electron chi connectivity index (χ1n) is 16.9. The van der Waals surface area contributed by atoms with Crippen LogP contribution in [-0.2, 0) is 9.59 Å². The molecule has 0 spiro atoms. The standard InChI is InChI=1S/C38H42N6O3/c1-2-35(46)43-21-3-5-33(43)37-39-23-31(41-37)28-14-10-26(11-15-28)27-12-16-29(17-13-27)32-24-40-38(42-32)34-6-4-22-44(34)36(47)20-9-25-7-18-30(45)19-8-25/h7,10-18,23-24,33-34,45H,2-6,8-9,19-22H2,1H3,(H,39,41)(H,40,42)/t33-,34-/m0/s1. The van der Waals surface area contributed by atoms with Crippen molar-refractivity contribution in [2.24, 2.45) is 0 Å². The van der Waals surface area contributed by atoms with Crippen molar-refractivity contribution in [2.75, 3.05) is 13.1 Å². The van der Waals surface area contributed by atoms with Gasteiger partial charge in [-0.25, -0.2) is 9.97 Å². The van der Waals surface area contributed by atoms with Gasteiger partial charge in [-0.1, -0.05) is 67.1 Å². The molecule has 0 saturated carbocycles. The number of carbonyl (C=O) groups is 2. The zero-order chi connectivity index (χ0) is 32.3. The maximum Gasteiger partial charge on any atom is 0.223 e. The minimum Gasteiger partial charge on any atom is -0.512 e. The van der Waals surface area contributed by atoms with E-state index in [0.29, 0.717) is 25.0 Å². The number of carbonyl (C=O) groups excluding carboxylic acids is 2. The van der Waals surface area contributed by atoms with Gasteiger partial charge in [-0.05, 0) is 66.9 Å². The molecule has 2 aliphatic heterocycles. The first kappa shape index (κ1) is 30.7. The first-order chi connectivity index (χ1) is 23.0. The lowest BCUT2D eigenvalue weighted by Gasteiger charge is -2.23. The van der Waals surface area contributed by atoms with Crippen molar-refractivity contribution in [3.05, 3.63) is 96.1 Å². The highest BCUT2D eigenvalue weighted by Gasteiger charge is 2.32. The van der Waals surface area contributed by atoms with Crippen LogP contribution in [0.2, 0.25) is 0 Å². The van der Waals surface area contributed by atoms with Crippen LogP contribution in [-0.4, -0.2) is 59.7 Å². The van der Waals surface area contributed by atoms with Crippen LogP contribution in [0.1, 0.15) is 88.4 Å². The molecular formula is C38H42N6O3. The van der Waals surface area contributed by atoms with E-state index in [2.05, 4.69) is 63.5 Å². The Bertz CT molecular complexity index is 1800. The zero-order valence-corrected chi connectivity index (χ0v) is 26.9. The second-order valence-corrected chi connectivity index (χ2v) is 12.8. The van der Waals surface area contributed by atoms with Gasteiger partial charge in [0.1, 0.15) is 11.6 Å². The Hall–Kier alpha value is -4.92. The number of imidazole rings is 2. The van der Waals surface area contributed by atoms with Crippen LogP contribution in [0.5, 0.6) is 0 Å². The SMILES string of the molecule is CCC(=O)N1CCC[C@H]1c1ncc(-c2ccc(-c3ccc(-c4cnc([C@@H]5CCCN5C(=O)CCC5=CC=C(O)CC5)[nH]4)cc3)cc2)[nH]1. The van der Waals surface area contributed by atoms with Crippen molar-refractivity contribution in [1.29, 1.82) is 0 Å². The van der Waals surface area contributed by atoms with Crippen LogP contribution in [0.3, 0.4) is 0 Å². The highest BCUT2D eigenvalue weighted by Crippen LogP contribution is 2.35. The average molecular weight is 631 g/mol. The number of aromatic amines is 2. The molecule has 2 saturated heterocycles. The molecule has 4 heterocycles. The van der Waals surface area contributed by atoms with E-state index < -0.39 is 0 Å². The summed E-state index contributed by atoms with van der Waals surface area (Å²) in [7, 11) is 0. The Morgan fingerprint density at radius 2 is 1.26 bits per heavy atom. The van der Waals surface area contributed by atoms with Gasteiger partial charge in [0.25, 0.3) is 0 Å². The summed E-state index contributed by atoms with van der Waals surface area (Å²) in [5, 5.41) is 9.60. The van der Waals surface area contributed by atoms with Gasteiger partial charge in [0, 0.05) is 32.4 Å². The van der Waals surface area contributed by atoms with E-state index in [-0.39, 0.29) is 23.9 Å². The molecule has 2 aromatic carbocycles. The van der Waals surface area contributed by atoms with Gasteiger partial charge in [-0.15, -0.1) is 0 Å². The fourth-order valence-corrected chi connectivity index (χ4v) is 7.18. The second-order valence-electron chi connectivity index (χ2n) is 12.8. The number of aromatic nitrogens is 4. The lowest BCUT2D eigenvalue weighted by atomic mass is 9.99. The topological polar surface area (TPSA) is 118 Å². The molecule has 2 aromatic heterocycles. The van der Waals surface area contributed by atoms with Crippen LogP contribution in [0.25, 0.3) is 33.6 Å². The van der Waals surface area contributed by atoms with Gasteiger partial charge < -0.3 is 24.9 Å². The number of rotatable bonds is 9. The fraction of sp³-hybridized carbons (Fsp3) is 0.368. The van der Waals surface area contributed by atoms with E-state index in [1.165, 1.54) is 5.57 Å². The molecule has 2 fully saturated rings. The first-order valence-corrected chi connectivity index (χ1v) is 16.9. The third-order valence-corrected chi connectivity index (χ3v) is 9.87. The van der Waals surface area contributed by atoms with E-state index in [9.17, 15) is 14.7 Å². The Kier molecular flexibility index (Phi) is 8.78. The van der Waals surface area contributed by atoms with E-state index in [4.69, 9.17) is 4.98 Å². The number of aliphatic hydroxyl groups excluding tert-OH is 1. The van der Waals surface area contributed by atoms with Crippen LogP contribution in [0.15, 0.2) is 84.4 Å². The number of nitrogens with one attached hydrogen (secondary N) is 2. The smallest absolute Gasteiger partial charge is 0.223 e. The number of hydrogen-bond donors (Lipinski definition) is 3. The predicted molar refractivity (Wildman–Crippen MR) is 182 cm³/mol. The van der Waals surface area contributed by atoms with Crippen LogP contribution >= 0.6 is 0 Å². The summed E-state index contributed by atoms with van der Waals surface area (Å²) < 4.78 is 0. The Labute approximate surface area is 275 Å². The van der Waals surface area contributed by atoms with E-state index in [1.54, 1.807) is 6.08 Å². The molecule has 47 heavy (non-hydrogen) atoms. The molecule has 2 atom stereocenters. The minimum absolute atomic E-state index is 0.0276. The molecule has 4 aromatic rings. The highest BCUT2D eigenvalue weighted by atomic mass is 16.3. The number of hydrogen-bond acceptors (Lipinski definition) is 5. The van der Waals surface area contributed by atoms with Crippen LogP contribution < -0.4 is 0 Å². The minimum atomic E-state index is -0.0276. The number of H-pyrrole nitrogens is 2. The molecule has 3 N–H and O–H groups in total. The summed E-state index contributed by atoms with van der Waals surface area (Å²) in [6.45, 7) is 3.47. The molecule has 9 heteroatoms. The fourth-order valence-electron chi connectivity index (χ4n) is 7.18. The van der Waals surface area contributed by atoms with Gasteiger partial charge in [-0.3, -0.25) is 9.59 Å². The van der Waals surface area contributed by atoms with E-state index >= 15 is 0 Å². The molecule has 0 unspecified atom stereocenters. The zero-order valence-electron chi connectivity index (χ0n) is 26.9. The second kappa shape index (κ2) is 13.4. The van der Waals surface area contributed by atoms with Crippen molar-refractivity contribution >= 4 is 11.8 Å². The van der Waals surface area contributed by atoms with Crippen molar-refractivity contribution < 1.29 is 14.7 Å². The van der Waals surface area contributed by atoms with Crippen molar-refractivity contribution in [3.8, 4) is 33.6 Å². The molecular weight excluding hydrogens is 588 g/mol. The van der Waals surface area contributed by atoms with Gasteiger partial charge in [0.15, 0.2) is 0 Å². The third-order valence-electron chi connectivity index (χ3n) is 9.87. The Morgan fingerprint density at radius 3 is 1.74 bits per heavy atom. The molecule has 0 bridgehead atoms. The molecule has 3 aliphatic rings. The van der Waals surface area contributed by atoms with Gasteiger partial charge in [-0.2, -0.15) is 0 Å². The van der Waals surface area contributed by atoms with Crippen molar-refractivity contribution in [2.45, 2.75) is 76.8 Å². The number of aliphatic hydroxyl groups is 1. The summed E-state index contributed by atoms with van der Waals surface area (Å²) in [5.74, 6) is 2.46. The lowest BCUT2D eigenvalue weighted by Crippen LogP contribution is -2.31. The maximum absolute atomic E-state index is 13.2. The van der Waals surface area contributed by atoms with Gasteiger partial charge >= 0.3 is 0 Å². The molecule has 1 aliphatic carbocycles. The molecule has 0 radical (unpaired) electrons. The Balaban J connectivity index is 0.983. The predicted octanol–water partition coefficient (Wildman–Crippen LogP) is 7.81. The van der Waals surface area contributed by atoms with Gasteiger partial charge in [0.05, 0.1) is 41.6 Å². The number of nitrogens with zero attached hydrogens (tertiary/aromatic N) is 4. The largest absolute Gasteiger partial charge is 0.512 e. The average Bonchev–Trinajstić information content (AvgIpc) is 3.94. The summed E-state index contributed by atoms with van der Waals surface area (Å²) >= 11 is 0. The Morgan fingerprint density at radius 1 is 0.745 bits per heavy atom. The van der Waals surface area contributed by atoms with Crippen LogP contribution in [0.4, 0.5) is 0 Å². The third kappa shape index (κ3) is 6.52. The monoisotopic (exact) mass is 630 g/mol. The van der Waals surface area contributed by atoms with E-state index in [1.807, 2.05) is 35.2 Å². The quantitative estimate of drug-likeness (QED) is 0.174. The number of benzene rings is 2. The molecule has 2 amide bonds. The summed E-state index contributed by atoms with van der Waals surface area (Å²) in [6, 6.07) is 16.9. The maximum atomic E-state index is 13.2. The van der Waals surface area contributed by atoms with Crippen molar-refractivity contribution in [3.63, 3.8) is 0 Å². The number of likely N-dealkylation sites (tertiary alicyclic amines) is 2. The molecule has 9 nitrogen and oxygen atoms in total. The normalized spacial score (nSPS) is 19.6. The molecule has 7 rings (SSSR count). The summed E-state index contributed by atoms with van der Waals surface area (Å²) in [4.78, 5) is 45.8.